The highest BCUT2D eigenvalue weighted by Crippen LogP contribution is 2.35. The maximum atomic E-state index is 13.9. The fourth-order valence-electron chi connectivity index (χ4n) is 5.22. The molecule has 0 saturated carbocycles. The topological polar surface area (TPSA) is 86.9 Å². The number of pyridine rings is 1. The Hall–Kier alpha value is -3.85. The molecule has 8 nitrogen and oxygen atoms in total. The summed E-state index contributed by atoms with van der Waals surface area (Å²) in [4.78, 5) is 25.7. The summed E-state index contributed by atoms with van der Waals surface area (Å²) in [5.41, 5.74) is 3.63. The molecule has 0 radical (unpaired) electrons. The number of carbonyl (C=O) groups excluding carboxylic acids is 1. The third-order valence-electron chi connectivity index (χ3n) is 7.16. The van der Waals surface area contributed by atoms with E-state index in [0.717, 1.165) is 42.0 Å². The Bertz CT molecular complexity index is 1400. The van der Waals surface area contributed by atoms with Gasteiger partial charge in [0, 0.05) is 31.4 Å². The molecule has 1 aromatic carbocycles. The second kappa shape index (κ2) is 9.31. The quantitative estimate of drug-likeness (QED) is 0.471. The number of carbonyl (C=O) groups is 1. The molecule has 9 heteroatoms. The van der Waals surface area contributed by atoms with E-state index in [-0.39, 0.29) is 23.9 Å². The Labute approximate surface area is 208 Å². The minimum atomic E-state index is -0.332. The van der Waals surface area contributed by atoms with Gasteiger partial charge in [0.2, 0.25) is 0 Å². The Morgan fingerprint density at radius 1 is 0.972 bits per heavy atom. The second-order valence-corrected chi connectivity index (χ2v) is 9.47. The number of nitrogens with zero attached hydrogens (tertiary/aromatic N) is 6. The lowest BCUT2D eigenvalue weighted by Crippen LogP contribution is -2.40. The molecule has 36 heavy (non-hydrogen) atoms. The summed E-state index contributed by atoms with van der Waals surface area (Å²) in [6, 6.07) is 14.3. The molecule has 0 spiro atoms. The summed E-state index contributed by atoms with van der Waals surface area (Å²) < 4.78 is 15.7. The number of hydrogen-bond acceptors (Lipinski definition) is 6. The van der Waals surface area contributed by atoms with Gasteiger partial charge in [-0.15, -0.1) is 5.10 Å². The molecule has 1 N–H and O–H groups in total. The van der Waals surface area contributed by atoms with Gasteiger partial charge < -0.3 is 14.9 Å². The lowest BCUT2D eigenvalue weighted by Gasteiger charge is -2.29. The molecule has 1 atom stereocenters. The molecule has 4 aromatic rings. The Balaban J connectivity index is 1.27. The Morgan fingerprint density at radius 2 is 1.83 bits per heavy atom. The molecule has 5 heterocycles. The summed E-state index contributed by atoms with van der Waals surface area (Å²) in [6.45, 7) is 1.92. The van der Waals surface area contributed by atoms with E-state index in [4.69, 9.17) is 5.10 Å². The Morgan fingerprint density at radius 3 is 2.61 bits per heavy atom. The van der Waals surface area contributed by atoms with Crippen LogP contribution in [0.25, 0.3) is 16.9 Å². The van der Waals surface area contributed by atoms with Crippen molar-refractivity contribution < 1.29 is 14.3 Å². The van der Waals surface area contributed by atoms with E-state index in [2.05, 4.69) is 14.9 Å². The molecule has 1 unspecified atom stereocenters. The Kier molecular flexibility index (Phi) is 5.85. The fraction of sp³-hybridized carbons (Fsp3) is 0.333. The highest BCUT2D eigenvalue weighted by atomic mass is 19.1. The number of piperidine rings is 1. The van der Waals surface area contributed by atoms with Crippen LogP contribution in [-0.2, 0) is 0 Å². The van der Waals surface area contributed by atoms with Gasteiger partial charge in [-0.05, 0) is 67.6 Å². The lowest BCUT2D eigenvalue weighted by molar-refractivity contribution is 0.0541. The van der Waals surface area contributed by atoms with Crippen molar-refractivity contribution in [1.82, 2.24) is 24.5 Å². The summed E-state index contributed by atoms with van der Waals surface area (Å²) in [5, 5.41) is 14.6. The van der Waals surface area contributed by atoms with Crippen molar-refractivity contribution in [3.05, 3.63) is 78.0 Å². The van der Waals surface area contributed by atoms with Crippen molar-refractivity contribution >= 4 is 17.4 Å². The number of aliphatic hydroxyl groups is 1. The largest absolute Gasteiger partial charge is 0.393 e. The summed E-state index contributed by atoms with van der Waals surface area (Å²) in [5.74, 6) is 0.456. The first kappa shape index (κ1) is 22.6. The molecule has 0 aliphatic carbocycles. The third-order valence-corrected chi connectivity index (χ3v) is 7.16. The zero-order chi connectivity index (χ0) is 24.6. The van der Waals surface area contributed by atoms with Gasteiger partial charge in [-0.2, -0.15) is 0 Å². The summed E-state index contributed by atoms with van der Waals surface area (Å²) in [7, 11) is 0. The van der Waals surface area contributed by atoms with E-state index in [9.17, 15) is 14.3 Å². The third kappa shape index (κ3) is 4.19. The van der Waals surface area contributed by atoms with Crippen LogP contribution >= 0.6 is 0 Å². The molecular weight excluding hydrogens is 459 g/mol. The molecule has 2 aliphatic rings. The van der Waals surface area contributed by atoms with Crippen molar-refractivity contribution in [2.75, 3.05) is 24.5 Å². The minimum absolute atomic E-state index is 0.0699. The van der Waals surface area contributed by atoms with E-state index in [1.165, 1.54) is 6.07 Å². The number of rotatable bonds is 4. The zero-order valence-electron chi connectivity index (χ0n) is 19.8. The molecule has 2 saturated heterocycles. The molecular formula is C27H27FN6O2. The van der Waals surface area contributed by atoms with Gasteiger partial charge in [0.15, 0.2) is 5.65 Å². The lowest BCUT2D eigenvalue weighted by atomic mass is 10.0. The monoisotopic (exact) mass is 486 g/mol. The average Bonchev–Trinajstić information content (AvgIpc) is 3.56. The molecule has 2 fully saturated rings. The highest BCUT2D eigenvalue weighted by molar-refractivity contribution is 5.92. The normalized spacial score (nSPS) is 18.8. The standard InChI is InChI=1S/C27H27FN6O2/c28-20-4-1-3-18(15-20)23-5-2-12-33(23)26-9-8-25-30-17-24(34(25)31-26)19-6-7-22(29-16-19)27(36)32-13-10-21(35)11-14-32/h1,3-4,6-9,15-17,21,23,35H,2,5,10-14H2. The molecule has 2 aliphatic heterocycles. The van der Waals surface area contributed by atoms with Crippen LogP contribution in [0.1, 0.15) is 47.8 Å². The van der Waals surface area contributed by atoms with Crippen molar-refractivity contribution in [3.63, 3.8) is 0 Å². The van der Waals surface area contributed by atoms with E-state index in [1.807, 2.05) is 24.3 Å². The first-order valence-electron chi connectivity index (χ1n) is 12.4. The van der Waals surface area contributed by atoms with Crippen LogP contribution in [0, 0.1) is 5.82 Å². The number of imidazole rings is 1. The van der Waals surface area contributed by atoms with Crippen LogP contribution in [0.4, 0.5) is 10.2 Å². The predicted molar refractivity (Wildman–Crippen MR) is 133 cm³/mol. The van der Waals surface area contributed by atoms with Gasteiger partial charge >= 0.3 is 0 Å². The van der Waals surface area contributed by atoms with Crippen LogP contribution in [-0.4, -0.2) is 61.2 Å². The molecule has 1 amide bonds. The van der Waals surface area contributed by atoms with Crippen LogP contribution in [0.15, 0.2) is 60.9 Å². The fourth-order valence-corrected chi connectivity index (χ4v) is 5.22. The van der Waals surface area contributed by atoms with Gasteiger partial charge in [-0.1, -0.05) is 12.1 Å². The van der Waals surface area contributed by atoms with E-state index < -0.39 is 0 Å². The number of aliphatic hydroxyl groups excluding tert-OH is 1. The maximum absolute atomic E-state index is 13.9. The van der Waals surface area contributed by atoms with E-state index in [0.29, 0.717) is 37.3 Å². The SMILES string of the molecule is O=C(c1ccc(-c2cnc3ccc(N4CCCC4c4cccc(F)c4)nn23)cn1)N1CCC(O)CC1. The number of amides is 1. The smallest absolute Gasteiger partial charge is 0.272 e. The van der Waals surface area contributed by atoms with E-state index in [1.54, 1.807) is 40.0 Å². The molecule has 3 aromatic heterocycles. The average molecular weight is 487 g/mol. The van der Waals surface area contributed by atoms with Gasteiger partial charge in [0.05, 0.1) is 24.0 Å². The first-order valence-corrected chi connectivity index (χ1v) is 12.4. The maximum Gasteiger partial charge on any atom is 0.272 e. The first-order chi connectivity index (χ1) is 17.6. The summed E-state index contributed by atoms with van der Waals surface area (Å²) >= 11 is 0. The molecule has 0 bridgehead atoms. The van der Waals surface area contributed by atoms with Gasteiger partial charge in [-0.3, -0.25) is 9.78 Å². The summed E-state index contributed by atoms with van der Waals surface area (Å²) in [6.07, 6.45) is 6.23. The number of fused-ring (bicyclic) bond motifs is 1. The van der Waals surface area contributed by atoms with Crippen LogP contribution < -0.4 is 4.90 Å². The van der Waals surface area contributed by atoms with Crippen LogP contribution in [0.3, 0.4) is 0 Å². The van der Waals surface area contributed by atoms with Crippen molar-refractivity contribution in [3.8, 4) is 11.3 Å². The van der Waals surface area contributed by atoms with Crippen LogP contribution in [0.5, 0.6) is 0 Å². The molecule has 6 rings (SSSR count). The number of halogens is 1. The number of anilines is 1. The number of hydrogen-bond donors (Lipinski definition) is 1. The number of benzene rings is 1. The van der Waals surface area contributed by atoms with Crippen LogP contribution in [0.2, 0.25) is 0 Å². The zero-order valence-corrected chi connectivity index (χ0v) is 19.8. The van der Waals surface area contributed by atoms with Crippen molar-refractivity contribution in [2.24, 2.45) is 0 Å². The second-order valence-electron chi connectivity index (χ2n) is 9.47. The van der Waals surface area contributed by atoms with E-state index >= 15 is 0 Å². The van der Waals surface area contributed by atoms with Gasteiger partial charge in [0.25, 0.3) is 5.91 Å². The minimum Gasteiger partial charge on any atom is -0.393 e. The highest BCUT2D eigenvalue weighted by Gasteiger charge is 2.28. The number of aromatic nitrogens is 4. The van der Waals surface area contributed by atoms with Gasteiger partial charge in [0.1, 0.15) is 17.3 Å². The van der Waals surface area contributed by atoms with Gasteiger partial charge in [-0.25, -0.2) is 13.9 Å². The predicted octanol–water partition coefficient (Wildman–Crippen LogP) is 3.87. The van der Waals surface area contributed by atoms with Crippen molar-refractivity contribution in [2.45, 2.75) is 37.8 Å². The molecule has 184 valence electrons. The number of likely N-dealkylation sites (tertiary alicyclic amines) is 1. The van der Waals surface area contributed by atoms with Crippen molar-refractivity contribution in [1.29, 1.82) is 0 Å².